The molecule has 0 atom stereocenters. The van der Waals surface area contributed by atoms with E-state index in [1.165, 1.54) is 7.11 Å². The second-order valence-electron chi connectivity index (χ2n) is 3.86. The summed E-state index contributed by atoms with van der Waals surface area (Å²) in [7, 11) is -1.77. The Labute approximate surface area is 96.0 Å². The van der Waals surface area contributed by atoms with Crippen LogP contribution in [-0.2, 0) is 24.1 Å². The summed E-state index contributed by atoms with van der Waals surface area (Å²) in [6, 6.07) is 0. The number of esters is 1. The highest BCUT2D eigenvalue weighted by Gasteiger charge is 2.27. The molecule has 0 bridgehead atoms. The maximum Gasteiger partial charge on any atom is 0.305 e. The lowest BCUT2D eigenvalue weighted by Crippen LogP contribution is -2.30. The predicted octanol–water partition coefficient (Wildman–Crippen LogP) is 0.533. The summed E-state index contributed by atoms with van der Waals surface area (Å²) < 4.78 is 33.3. The van der Waals surface area contributed by atoms with E-state index in [-0.39, 0.29) is 23.4 Å². The van der Waals surface area contributed by atoms with Gasteiger partial charge in [0.05, 0.1) is 18.1 Å². The Kier molecular flexibility index (Phi) is 5.21. The summed E-state index contributed by atoms with van der Waals surface area (Å²) in [6.07, 6.45) is 1.65. The van der Waals surface area contributed by atoms with Crippen LogP contribution in [0, 0.1) is 0 Å². The van der Waals surface area contributed by atoms with Crippen molar-refractivity contribution in [2.24, 2.45) is 0 Å². The zero-order chi connectivity index (χ0) is 12.0. The maximum absolute atomic E-state index is 11.8. The van der Waals surface area contributed by atoms with Crippen LogP contribution in [0.4, 0.5) is 0 Å². The molecule has 0 amide bonds. The number of sulfone groups is 1. The van der Waals surface area contributed by atoms with Gasteiger partial charge in [0.25, 0.3) is 0 Å². The summed E-state index contributed by atoms with van der Waals surface area (Å²) in [5, 5.41) is -0.293. The van der Waals surface area contributed by atoms with Crippen LogP contribution in [0.3, 0.4) is 0 Å². The van der Waals surface area contributed by atoms with E-state index in [1.54, 1.807) is 0 Å². The molecule has 0 saturated carbocycles. The number of rotatable bonds is 5. The van der Waals surface area contributed by atoms with E-state index in [1.807, 2.05) is 0 Å². The minimum atomic E-state index is -3.08. The molecular weight excluding hydrogens is 232 g/mol. The maximum atomic E-state index is 11.8. The van der Waals surface area contributed by atoms with Crippen molar-refractivity contribution in [2.75, 3.05) is 26.1 Å². The third-order valence-electron chi connectivity index (χ3n) is 2.71. The SMILES string of the molecule is COC(=O)CCCS(=O)(=O)C1CCOCC1. The van der Waals surface area contributed by atoms with Crippen molar-refractivity contribution in [3.63, 3.8) is 0 Å². The Morgan fingerprint density at radius 3 is 2.56 bits per heavy atom. The van der Waals surface area contributed by atoms with Gasteiger partial charge in [-0.2, -0.15) is 0 Å². The van der Waals surface area contributed by atoms with Crippen LogP contribution >= 0.6 is 0 Å². The summed E-state index contributed by atoms with van der Waals surface area (Å²) in [5.74, 6) is -0.297. The molecule has 1 aliphatic heterocycles. The van der Waals surface area contributed by atoms with E-state index >= 15 is 0 Å². The fourth-order valence-electron chi connectivity index (χ4n) is 1.72. The van der Waals surface area contributed by atoms with Crippen LogP contribution in [0.2, 0.25) is 0 Å². The number of ether oxygens (including phenoxy) is 2. The molecular formula is C10H18O5S. The Hall–Kier alpha value is -0.620. The average Bonchev–Trinajstić information content (AvgIpc) is 2.30. The van der Waals surface area contributed by atoms with Crippen molar-refractivity contribution in [1.82, 2.24) is 0 Å². The van der Waals surface area contributed by atoms with Gasteiger partial charge in [0.1, 0.15) is 0 Å². The van der Waals surface area contributed by atoms with Crippen LogP contribution in [0.15, 0.2) is 0 Å². The number of hydrogen-bond acceptors (Lipinski definition) is 5. The quantitative estimate of drug-likeness (QED) is 0.666. The van der Waals surface area contributed by atoms with Crippen LogP contribution in [0.1, 0.15) is 25.7 Å². The highest BCUT2D eigenvalue weighted by molar-refractivity contribution is 7.92. The van der Waals surface area contributed by atoms with Crippen molar-refractivity contribution < 1.29 is 22.7 Å². The predicted molar refractivity (Wildman–Crippen MR) is 58.9 cm³/mol. The molecule has 94 valence electrons. The first-order chi connectivity index (χ1) is 7.56. The highest BCUT2D eigenvalue weighted by Crippen LogP contribution is 2.17. The van der Waals surface area contributed by atoms with Crippen LogP contribution < -0.4 is 0 Å². The Morgan fingerprint density at radius 1 is 1.38 bits per heavy atom. The van der Waals surface area contributed by atoms with E-state index in [0.717, 1.165) is 0 Å². The molecule has 1 fully saturated rings. The highest BCUT2D eigenvalue weighted by atomic mass is 32.2. The normalized spacial score (nSPS) is 18.3. The van der Waals surface area contributed by atoms with Crippen molar-refractivity contribution >= 4 is 15.8 Å². The minimum Gasteiger partial charge on any atom is -0.469 e. The van der Waals surface area contributed by atoms with Gasteiger partial charge in [0.15, 0.2) is 9.84 Å². The molecule has 1 rings (SSSR count). The van der Waals surface area contributed by atoms with Gasteiger partial charge < -0.3 is 9.47 Å². The van der Waals surface area contributed by atoms with Crippen molar-refractivity contribution in [2.45, 2.75) is 30.9 Å². The largest absolute Gasteiger partial charge is 0.469 e. The van der Waals surface area contributed by atoms with Crippen LogP contribution in [-0.4, -0.2) is 45.7 Å². The lowest BCUT2D eigenvalue weighted by molar-refractivity contribution is -0.140. The second kappa shape index (κ2) is 6.20. The van der Waals surface area contributed by atoms with Crippen LogP contribution in [0.5, 0.6) is 0 Å². The number of hydrogen-bond donors (Lipinski definition) is 0. The first-order valence-electron chi connectivity index (χ1n) is 5.42. The van der Waals surface area contributed by atoms with Gasteiger partial charge in [0.2, 0.25) is 0 Å². The molecule has 5 nitrogen and oxygen atoms in total. The van der Waals surface area contributed by atoms with Crippen molar-refractivity contribution in [3.8, 4) is 0 Å². The van der Waals surface area contributed by atoms with Gasteiger partial charge in [-0.1, -0.05) is 0 Å². The van der Waals surface area contributed by atoms with E-state index < -0.39 is 9.84 Å². The Morgan fingerprint density at radius 2 is 2.00 bits per heavy atom. The number of carbonyl (C=O) groups is 1. The molecule has 6 heteroatoms. The van der Waals surface area contributed by atoms with E-state index in [4.69, 9.17) is 4.74 Å². The first kappa shape index (κ1) is 13.4. The zero-order valence-electron chi connectivity index (χ0n) is 9.48. The number of methoxy groups -OCH3 is 1. The molecule has 0 N–H and O–H groups in total. The molecule has 1 aliphatic rings. The molecule has 0 aromatic heterocycles. The van der Waals surface area contributed by atoms with Gasteiger partial charge in [-0.3, -0.25) is 4.79 Å². The van der Waals surface area contributed by atoms with E-state index in [0.29, 0.717) is 32.5 Å². The molecule has 0 unspecified atom stereocenters. The Balaban J connectivity index is 2.36. The van der Waals surface area contributed by atoms with Gasteiger partial charge >= 0.3 is 5.97 Å². The minimum absolute atomic E-state index is 0.0623. The fourth-order valence-corrected chi connectivity index (χ4v) is 3.51. The van der Waals surface area contributed by atoms with E-state index in [9.17, 15) is 13.2 Å². The van der Waals surface area contributed by atoms with Gasteiger partial charge in [0, 0.05) is 19.6 Å². The first-order valence-corrected chi connectivity index (χ1v) is 7.14. The molecule has 1 heterocycles. The van der Waals surface area contributed by atoms with Gasteiger partial charge in [-0.15, -0.1) is 0 Å². The van der Waals surface area contributed by atoms with Crippen molar-refractivity contribution in [1.29, 1.82) is 0 Å². The second-order valence-corrected chi connectivity index (χ2v) is 6.26. The van der Waals surface area contributed by atoms with Gasteiger partial charge in [-0.25, -0.2) is 8.42 Å². The Bertz CT molecular complexity index is 316. The molecule has 0 aromatic carbocycles. The molecule has 1 saturated heterocycles. The van der Waals surface area contributed by atoms with E-state index in [2.05, 4.69) is 4.74 Å². The fraction of sp³-hybridized carbons (Fsp3) is 0.900. The van der Waals surface area contributed by atoms with Gasteiger partial charge in [-0.05, 0) is 19.3 Å². The lowest BCUT2D eigenvalue weighted by atomic mass is 10.2. The molecule has 0 radical (unpaired) electrons. The lowest BCUT2D eigenvalue weighted by Gasteiger charge is -2.21. The summed E-state index contributed by atoms with van der Waals surface area (Å²) in [6.45, 7) is 1.03. The topological polar surface area (TPSA) is 69.7 Å². The standard InChI is InChI=1S/C10H18O5S/c1-14-10(11)3-2-8-16(12,13)9-4-6-15-7-5-9/h9H,2-8H2,1H3. The monoisotopic (exact) mass is 250 g/mol. The molecule has 0 spiro atoms. The smallest absolute Gasteiger partial charge is 0.305 e. The third kappa shape index (κ3) is 4.09. The summed E-state index contributed by atoms with van der Waals surface area (Å²) in [5.41, 5.74) is 0. The third-order valence-corrected chi connectivity index (χ3v) is 5.06. The zero-order valence-corrected chi connectivity index (χ0v) is 10.3. The number of carbonyl (C=O) groups excluding carboxylic acids is 1. The summed E-state index contributed by atoms with van der Waals surface area (Å²) in [4.78, 5) is 10.8. The molecule has 16 heavy (non-hydrogen) atoms. The van der Waals surface area contributed by atoms with Crippen LogP contribution in [0.25, 0.3) is 0 Å². The van der Waals surface area contributed by atoms with Crippen molar-refractivity contribution in [3.05, 3.63) is 0 Å². The molecule has 0 aromatic rings. The molecule has 0 aliphatic carbocycles. The summed E-state index contributed by atoms with van der Waals surface area (Å²) >= 11 is 0. The average molecular weight is 250 g/mol.